The molecule has 2 bridgehead atoms. The van der Waals surface area contributed by atoms with Crippen molar-refractivity contribution in [2.24, 2.45) is 23.7 Å². The molecule has 17 heavy (non-hydrogen) atoms. The van der Waals surface area contributed by atoms with Crippen LogP contribution in [0.15, 0.2) is 4.52 Å². The summed E-state index contributed by atoms with van der Waals surface area (Å²) in [6.07, 6.45) is 4.52. The summed E-state index contributed by atoms with van der Waals surface area (Å²) < 4.78 is 5.21. The number of hydrogen-bond donors (Lipinski definition) is 1. The fourth-order valence-corrected chi connectivity index (χ4v) is 4.57. The number of rotatable bonds is 3. The van der Waals surface area contributed by atoms with E-state index in [4.69, 9.17) is 4.52 Å². The van der Waals surface area contributed by atoms with Gasteiger partial charge in [0, 0.05) is 18.2 Å². The number of aryl methyl sites for hydroxylation is 2. The molecule has 0 aromatic carbocycles. The fraction of sp³-hybridized carbons (Fsp3) is 0.786. The maximum Gasteiger partial charge on any atom is 0.138 e. The molecule has 4 rings (SSSR count). The topological polar surface area (TPSA) is 38.1 Å². The maximum absolute atomic E-state index is 5.21. The first-order valence-electron chi connectivity index (χ1n) is 6.91. The number of nitrogens with zero attached hydrogens (tertiary/aromatic N) is 1. The molecule has 1 N–H and O–H groups in total. The van der Waals surface area contributed by atoms with Gasteiger partial charge in [-0.25, -0.2) is 0 Å². The molecule has 0 amide bonds. The quantitative estimate of drug-likeness (QED) is 0.869. The highest BCUT2D eigenvalue weighted by Gasteiger charge is 2.64. The predicted octanol–water partition coefficient (Wildman–Crippen LogP) is 2.43. The third-order valence-electron chi connectivity index (χ3n) is 5.43. The summed E-state index contributed by atoms with van der Waals surface area (Å²) in [6.45, 7) is 4.98. The highest BCUT2D eigenvalue weighted by molar-refractivity contribution is 5.22. The van der Waals surface area contributed by atoms with E-state index < -0.39 is 0 Å². The Kier molecular flexibility index (Phi) is 1.99. The Bertz CT molecular complexity index is 418. The summed E-state index contributed by atoms with van der Waals surface area (Å²) in [6, 6.07) is 0.801. The van der Waals surface area contributed by atoms with Crippen LogP contribution in [0, 0.1) is 37.5 Å². The molecule has 1 aromatic heterocycles. The van der Waals surface area contributed by atoms with Crippen molar-refractivity contribution in [1.82, 2.24) is 10.5 Å². The van der Waals surface area contributed by atoms with Gasteiger partial charge in [0.2, 0.25) is 0 Å². The molecular weight excluding hydrogens is 212 g/mol. The van der Waals surface area contributed by atoms with Crippen molar-refractivity contribution >= 4 is 0 Å². The SMILES string of the molecule is Cc1noc(C)c1CNC1C2C3CCC(C3)C12. The second kappa shape index (κ2) is 3.35. The molecule has 3 nitrogen and oxygen atoms in total. The normalized spacial score (nSPS) is 41.9. The smallest absolute Gasteiger partial charge is 0.138 e. The summed E-state index contributed by atoms with van der Waals surface area (Å²) in [5.74, 6) is 5.09. The molecular formula is C14H20N2O. The number of aromatic nitrogens is 1. The van der Waals surface area contributed by atoms with E-state index in [2.05, 4.69) is 10.5 Å². The van der Waals surface area contributed by atoms with Crippen molar-refractivity contribution in [3.05, 3.63) is 17.0 Å². The minimum Gasteiger partial charge on any atom is -0.361 e. The highest BCUT2D eigenvalue weighted by atomic mass is 16.5. The minimum absolute atomic E-state index is 0.801. The first kappa shape index (κ1) is 10.1. The standard InChI is InChI=1S/C14H20N2O/c1-7-11(8(2)17-16-7)6-15-14-12-9-3-4-10(5-9)13(12)14/h9-10,12-15H,3-6H2,1-2H3. The van der Waals surface area contributed by atoms with Gasteiger partial charge >= 0.3 is 0 Å². The van der Waals surface area contributed by atoms with Crippen LogP contribution in [0.4, 0.5) is 0 Å². The van der Waals surface area contributed by atoms with E-state index in [-0.39, 0.29) is 0 Å². The zero-order valence-electron chi connectivity index (χ0n) is 10.6. The minimum atomic E-state index is 0.801. The van der Waals surface area contributed by atoms with Crippen LogP contribution in [0.3, 0.4) is 0 Å². The van der Waals surface area contributed by atoms with Gasteiger partial charge in [-0.1, -0.05) is 5.16 Å². The highest BCUT2D eigenvalue weighted by Crippen LogP contribution is 2.65. The van der Waals surface area contributed by atoms with Crippen LogP contribution in [-0.4, -0.2) is 11.2 Å². The molecule has 0 spiro atoms. The van der Waals surface area contributed by atoms with Crippen LogP contribution in [0.1, 0.15) is 36.3 Å². The Morgan fingerprint density at radius 3 is 2.53 bits per heavy atom. The van der Waals surface area contributed by atoms with Gasteiger partial charge in [-0.15, -0.1) is 0 Å². The molecule has 3 aliphatic carbocycles. The molecule has 0 radical (unpaired) electrons. The largest absolute Gasteiger partial charge is 0.361 e. The Hall–Kier alpha value is -0.830. The fourth-order valence-electron chi connectivity index (χ4n) is 4.57. The molecule has 1 aromatic rings. The molecule has 3 heteroatoms. The van der Waals surface area contributed by atoms with Gasteiger partial charge in [0.25, 0.3) is 0 Å². The van der Waals surface area contributed by atoms with Gasteiger partial charge in [-0.05, 0) is 56.8 Å². The van der Waals surface area contributed by atoms with Gasteiger partial charge in [-0.3, -0.25) is 0 Å². The lowest BCUT2D eigenvalue weighted by Gasteiger charge is -2.10. The second-order valence-corrected chi connectivity index (χ2v) is 6.20. The lowest BCUT2D eigenvalue weighted by atomic mass is 10.0. The molecule has 1 heterocycles. The third kappa shape index (κ3) is 1.35. The van der Waals surface area contributed by atoms with E-state index in [1.54, 1.807) is 0 Å². The zero-order chi connectivity index (χ0) is 11.6. The van der Waals surface area contributed by atoms with Crippen molar-refractivity contribution in [3.63, 3.8) is 0 Å². The van der Waals surface area contributed by atoms with Gasteiger partial charge in [0.05, 0.1) is 5.69 Å². The molecule has 3 fully saturated rings. The van der Waals surface area contributed by atoms with Crippen molar-refractivity contribution in [3.8, 4) is 0 Å². The Morgan fingerprint density at radius 1 is 1.24 bits per heavy atom. The van der Waals surface area contributed by atoms with E-state index in [1.165, 1.54) is 24.8 Å². The van der Waals surface area contributed by atoms with Gasteiger partial charge in [0.15, 0.2) is 0 Å². The average molecular weight is 232 g/mol. The van der Waals surface area contributed by atoms with Crippen LogP contribution in [0.2, 0.25) is 0 Å². The molecule has 3 saturated carbocycles. The number of fused-ring (bicyclic) bond motifs is 5. The van der Waals surface area contributed by atoms with E-state index in [1.807, 2.05) is 13.8 Å². The predicted molar refractivity (Wildman–Crippen MR) is 64.4 cm³/mol. The molecule has 92 valence electrons. The van der Waals surface area contributed by atoms with Crippen molar-refractivity contribution in [2.45, 2.75) is 45.7 Å². The maximum atomic E-state index is 5.21. The monoisotopic (exact) mass is 232 g/mol. The molecule has 0 aliphatic heterocycles. The van der Waals surface area contributed by atoms with Crippen LogP contribution < -0.4 is 5.32 Å². The van der Waals surface area contributed by atoms with Crippen molar-refractivity contribution < 1.29 is 4.52 Å². The first-order chi connectivity index (χ1) is 8.25. The van der Waals surface area contributed by atoms with Crippen LogP contribution in [-0.2, 0) is 6.54 Å². The molecule has 3 aliphatic rings. The van der Waals surface area contributed by atoms with Gasteiger partial charge in [0.1, 0.15) is 5.76 Å². The Balaban J connectivity index is 1.41. The number of nitrogens with one attached hydrogen (secondary N) is 1. The summed E-state index contributed by atoms with van der Waals surface area (Å²) in [4.78, 5) is 0. The Morgan fingerprint density at radius 2 is 1.94 bits per heavy atom. The summed E-state index contributed by atoms with van der Waals surface area (Å²) in [5.41, 5.74) is 2.31. The van der Waals surface area contributed by atoms with E-state index in [0.29, 0.717) is 0 Å². The molecule has 0 saturated heterocycles. The summed E-state index contributed by atoms with van der Waals surface area (Å²) in [5, 5.41) is 7.76. The summed E-state index contributed by atoms with van der Waals surface area (Å²) in [7, 11) is 0. The van der Waals surface area contributed by atoms with Crippen LogP contribution in [0.25, 0.3) is 0 Å². The summed E-state index contributed by atoms with van der Waals surface area (Å²) >= 11 is 0. The Labute approximate surface area is 102 Å². The van der Waals surface area contributed by atoms with E-state index in [0.717, 1.165) is 47.7 Å². The zero-order valence-corrected chi connectivity index (χ0v) is 10.6. The van der Waals surface area contributed by atoms with Gasteiger partial charge < -0.3 is 9.84 Å². The first-order valence-corrected chi connectivity index (χ1v) is 6.91. The average Bonchev–Trinajstić information content (AvgIpc) is 2.66. The van der Waals surface area contributed by atoms with Crippen LogP contribution in [0.5, 0.6) is 0 Å². The molecule has 4 atom stereocenters. The van der Waals surface area contributed by atoms with Gasteiger partial charge in [-0.2, -0.15) is 0 Å². The van der Waals surface area contributed by atoms with E-state index >= 15 is 0 Å². The second-order valence-electron chi connectivity index (χ2n) is 6.20. The lowest BCUT2D eigenvalue weighted by molar-refractivity contribution is 0.391. The van der Waals surface area contributed by atoms with Crippen molar-refractivity contribution in [1.29, 1.82) is 0 Å². The molecule has 4 unspecified atom stereocenters. The van der Waals surface area contributed by atoms with Crippen LogP contribution >= 0.6 is 0 Å². The van der Waals surface area contributed by atoms with Crippen molar-refractivity contribution in [2.75, 3.05) is 0 Å². The van der Waals surface area contributed by atoms with E-state index in [9.17, 15) is 0 Å². The lowest BCUT2D eigenvalue weighted by Crippen LogP contribution is -2.22. The third-order valence-corrected chi connectivity index (χ3v) is 5.43. The number of hydrogen-bond acceptors (Lipinski definition) is 3.